The molecule has 0 bridgehead atoms. The van der Waals surface area contributed by atoms with Gasteiger partial charge in [-0.15, -0.1) is 0 Å². The highest BCUT2D eigenvalue weighted by molar-refractivity contribution is 5.98. The third kappa shape index (κ3) is 2.68. The molecule has 1 aliphatic carbocycles. The first kappa shape index (κ1) is 15.5. The molecule has 1 saturated carbocycles. The number of rotatable bonds is 3. The molecular weight excluding hydrogens is 301 g/mol. The van der Waals surface area contributed by atoms with E-state index in [1.54, 1.807) is 19.2 Å². The van der Waals surface area contributed by atoms with E-state index in [1.165, 1.54) is 17.0 Å². The number of carbonyl (C=O) groups is 2. The average molecular weight is 319 g/mol. The van der Waals surface area contributed by atoms with Crippen LogP contribution >= 0.6 is 0 Å². The fourth-order valence-corrected chi connectivity index (χ4v) is 3.25. The van der Waals surface area contributed by atoms with Gasteiger partial charge in [0.15, 0.2) is 0 Å². The fraction of sp³-hybridized carbons (Fsp3) is 0.375. The Morgan fingerprint density at radius 3 is 2.74 bits per heavy atom. The van der Waals surface area contributed by atoms with Crippen molar-refractivity contribution in [2.24, 2.45) is 11.7 Å². The standard InChI is InChI=1S/C16H18FN3O3/c1-20(13-5-4-10(14(13)21)15(18)22)16(23)12-6-8-2-3-9(17)7-11(8)19-12/h2-3,6-7,10,13-14,19,21H,4-5H2,1H3,(H2,18,22)/t10-,13-,14+/m1/s1. The molecule has 6 nitrogen and oxygen atoms in total. The molecule has 1 aliphatic rings. The predicted molar refractivity (Wildman–Crippen MR) is 82.1 cm³/mol. The lowest BCUT2D eigenvalue weighted by molar-refractivity contribution is -0.124. The number of nitrogens with zero attached hydrogens (tertiary/aromatic N) is 1. The lowest BCUT2D eigenvalue weighted by atomic mass is 10.0. The maximum Gasteiger partial charge on any atom is 0.270 e. The van der Waals surface area contributed by atoms with E-state index >= 15 is 0 Å². The Hall–Kier alpha value is -2.41. The quantitative estimate of drug-likeness (QED) is 0.787. The second-order valence-corrected chi connectivity index (χ2v) is 5.97. The lowest BCUT2D eigenvalue weighted by Crippen LogP contribution is -2.45. The Kier molecular flexibility index (Phi) is 3.81. The lowest BCUT2D eigenvalue weighted by Gasteiger charge is -2.27. The average Bonchev–Trinajstić information content (AvgIpc) is 3.08. The smallest absolute Gasteiger partial charge is 0.270 e. The van der Waals surface area contributed by atoms with Crippen LogP contribution in [0.2, 0.25) is 0 Å². The van der Waals surface area contributed by atoms with Crippen LogP contribution in [0.1, 0.15) is 23.3 Å². The number of nitrogens with one attached hydrogen (secondary N) is 1. The number of nitrogens with two attached hydrogens (primary N) is 1. The van der Waals surface area contributed by atoms with E-state index in [-0.39, 0.29) is 11.7 Å². The van der Waals surface area contributed by atoms with Crippen molar-refractivity contribution in [1.82, 2.24) is 9.88 Å². The molecule has 2 aromatic rings. The number of halogens is 1. The topological polar surface area (TPSA) is 99.4 Å². The molecule has 2 amide bonds. The molecule has 0 radical (unpaired) electrons. The summed E-state index contributed by atoms with van der Waals surface area (Å²) in [5, 5.41) is 10.9. The van der Waals surface area contributed by atoms with Crippen molar-refractivity contribution < 1.29 is 19.1 Å². The van der Waals surface area contributed by atoms with Gasteiger partial charge in [0.1, 0.15) is 11.5 Å². The van der Waals surface area contributed by atoms with E-state index < -0.39 is 24.0 Å². The molecule has 0 saturated heterocycles. The van der Waals surface area contributed by atoms with Crippen LogP contribution in [0.4, 0.5) is 4.39 Å². The van der Waals surface area contributed by atoms with Crippen LogP contribution < -0.4 is 5.73 Å². The molecule has 3 rings (SSSR count). The summed E-state index contributed by atoms with van der Waals surface area (Å²) in [6.07, 6.45) is -0.00831. The van der Waals surface area contributed by atoms with Gasteiger partial charge in [-0.2, -0.15) is 0 Å². The highest BCUT2D eigenvalue weighted by atomic mass is 19.1. The highest BCUT2D eigenvalue weighted by Crippen LogP contribution is 2.30. The van der Waals surface area contributed by atoms with Gasteiger partial charge >= 0.3 is 0 Å². The number of H-pyrrole nitrogens is 1. The van der Waals surface area contributed by atoms with Crippen LogP contribution in [-0.4, -0.2) is 46.0 Å². The number of aliphatic hydroxyl groups excluding tert-OH is 1. The molecule has 7 heteroatoms. The number of fused-ring (bicyclic) bond motifs is 1. The fourth-order valence-electron chi connectivity index (χ4n) is 3.25. The van der Waals surface area contributed by atoms with Gasteiger partial charge < -0.3 is 20.7 Å². The normalized spacial score (nSPS) is 24.0. The van der Waals surface area contributed by atoms with Crippen molar-refractivity contribution in [2.75, 3.05) is 7.05 Å². The molecule has 0 spiro atoms. The van der Waals surface area contributed by atoms with E-state index in [2.05, 4.69) is 4.98 Å². The Balaban J connectivity index is 1.82. The van der Waals surface area contributed by atoms with Crippen molar-refractivity contribution in [3.8, 4) is 0 Å². The van der Waals surface area contributed by atoms with Crippen LogP contribution in [0, 0.1) is 11.7 Å². The number of aromatic nitrogens is 1. The van der Waals surface area contributed by atoms with Crippen LogP contribution in [0.15, 0.2) is 24.3 Å². The summed E-state index contributed by atoms with van der Waals surface area (Å²) in [6, 6.07) is 5.40. The van der Waals surface area contributed by atoms with E-state index in [1.807, 2.05) is 0 Å². The van der Waals surface area contributed by atoms with Gasteiger partial charge in [0.05, 0.1) is 18.1 Å². The number of aliphatic hydroxyl groups is 1. The number of hydrogen-bond acceptors (Lipinski definition) is 3. The van der Waals surface area contributed by atoms with Gasteiger partial charge in [0.25, 0.3) is 5.91 Å². The number of hydrogen-bond donors (Lipinski definition) is 3. The molecule has 3 atom stereocenters. The number of carbonyl (C=O) groups excluding carboxylic acids is 2. The van der Waals surface area contributed by atoms with Crippen LogP contribution in [0.5, 0.6) is 0 Å². The zero-order valence-corrected chi connectivity index (χ0v) is 12.6. The highest BCUT2D eigenvalue weighted by Gasteiger charge is 2.41. The number of aromatic amines is 1. The maximum absolute atomic E-state index is 13.2. The molecule has 122 valence electrons. The largest absolute Gasteiger partial charge is 0.390 e. The summed E-state index contributed by atoms with van der Waals surface area (Å²) in [6.45, 7) is 0. The minimum Gasteiger partial charge on any atom is -0.390 e. The molecule has 0 aliphatic heterocycles. The van der Waals surface area contributed by atoms with E-state index in [4.69, 9.17) is 5.73 Å². The number of likely N-dealkylation sites (N-methyl/N-ethyl adjacent to an activating group) is 1. The van der Waals surface area contributed by atoms with Gasteiger partial charge in [-0.3, -0.25) is 9.59 Å². The van der Waals surface area contributed by atoms with Crippen LogP contribution in [0.25, 0.3) is 10.9 Å². The van der Waals surface area contributed by atoms with E-state index in [0.29, 0.717) is 24.1 Å². The summed E-state index contributed by atoms with van der Waals surface area (Å²) in [5.41, 5.74) is 6.10. The monoisotopic (exact) mass is 319 g/mol. The van der Waals surface area contributed by atoms with Gasteiger partial charge in [-0.05, 0) is 37.1 Å². The molecule has 4 N–H and O–H groups in total. The third-order valence-electron chi connectivity index (χ3n) is 4.58. The van der Waals surface area contributed by atoms with Crippen molar-refractivity contribution >= 4 is 22.7 Å². The molecule has 1 fully saturated rings. The minimum absolute atomic E-state index is 0.308. The number of amides is 2. The third-order valence-corrected chi connectivity index (χ3v) is 4.58. The second kappa shape index (κ2) is 5.66. The molecule has 0 unspecified atom stereocenters. The van der Waals surface area contributed by atoms with Gasteiger partial charge in [-0.25, -0.2) is 4.39 Å². The summed E-state index contributed by atoms with van der Waals surface area (Å²) < 4.78 is 13.2. The number of benzene rings is 1. The molecule has 1 heterocycles. The molecular formula is C16H18FN3O3. The first-order valence-electron chi connectivity index (χ1n) is 7.41. The summed E-state index contributed by atoms with van der Waals surface area (Å²) in [5.74, 6) is -1.90. The zero-order chi connectivity index (χ0) is 16.7. The Labute approximate surface area is 132 Å². The van der Waals surface area contributed by atoms with Crippen molar-refractivity contribution in [2.45, 2.75) is 25.0 Å². The first-order valence-corrected chi connectivity index (χ1v) is 7.41. The van der Waals surface area contributed by atoms with E-state index in [9.17, 15) is 19.1 Å². The van der Waals surface area contributed by atoms with Crippen LogP contribution in [0.3, 0.4) is 0 Å². The summed E-state index contributed by atoms with van der Waals surface area (Å²) >= 11 is 0. The SMILES string of the molecule is CN(C(=O)c1cc2ccc(F)cc2[nH]1)[C@@H]1CC[C@@H](C(N)=O)[C@@H]1O. The summed E-state index contributed by atoms with van der Waals surface area (Å²) in [7, 11) is 1.58. The molecule has 1 aromatic carbocycles. The Bertz CT molecular complexity index is 773. The van der Waals surface area contributed by atoms with Crippen molar-refractivity contribution in [3.63, 3.8) is 0 Å². The Morgan fingerprint density at radius 1 is 1.35 bits per heavy atom. The van der Waals surface area contributed by atoms with Crippen molar-refractivity contribution in [1.29, 1.82) is 0 Å². The molecule has 1 aromatic heterocycles. The Morgan fingerprint density at radius 2 is 2.09 bits per heavy atom. The van der Waals surface area contributed by atoms with Crippen LogP contribution in [-0.2, 0) is 4.79 Å². The first-order chi connectivity index (χ1) is 10.9. The van der Waals surface area contributed by atoms with Gasteiger partial charge in [0, 0.05) is 18.0 Å². The number of primary amides is 1. The zero-order valence-electron chi connectivity index (χ0n) is 12.6. The second-order valence-electron chi connectivity index (χ2n) is 5.97. The molecule has 23 heavy (non-hydrogen) atoms. The predicted octanol–water partition coefficient (Wildman–Crippen LogP) is 1.00. The maximum atomic E-state index is 13.2. The van der Waals surface area contributed by atoms with Gasteiger partial charge in [0.2, 0.25) is 5.91 Å². The van der Waals surface area contributed by atoms with Gasteiger partial charge in [-0.1, -0.05) is 0 Å². The van der Waals surface area contributed by atoms with Crippen molar-refractivity contribution in [3.05, 3.63) is 35.8 Å². The van der Waals surface area contributed by atoms with E-state index in [0.717, 1.165) is 5.39 Å². The minimum atomic E-state index is -0.969. The summed E-state index contributed by atoms with van der Waals surface area (Å²) in [4.78, 5) is 28.2.